The van der Waals surface area contributed by atoms with Gasteiger partial charge in [-0.1, -0.05) is 0 Å². The van der Waals surface area contributed by atoms with E-state index in [1.807, 2.05) is 26.8 Å². The van der Waals surface area contributed by atoms with Crippen LogP contribution in [0.5, 0.6) is 0 Å². The van der Waals surface area contributed by atoms with E-state index in [4.69, 9.17) is 0 Å². The van der Waals surface area contributed by atoms with Gasteiger partial charge in [-0.2, -0.15) is 0 Å². The molecule has 5 nitrogen and oxygen atoms in total. The highest BCUT2D eigenvalue weighted by Crippen LogP contribution is 2.37. The molecule has 118 valence electrons. The molecular weight excluding hydrogens is 286 g/mol. The first kappa shape index (κ1) is 15.1. The van der Waals surface area contributed by atoms with Gasteiger partial charge < -0.3 is 9.88 Å². The van der Waals surface area contributed by atoms with Gasteiger partial charge >= 0.3 is 0 Å². The monoisotopic (exact) mass is 311 g/mol. The molecule has 1 aromatic rings. The fourth-order valence-electron chi connectivity index (χ4n) is 2.48. The van der Waals surface area contributed by atoms with Gasteiger partial charge in [0.1, 0.15) is 0 Å². The number of rotatable bonds is 6. The first-order valence-corrected chi connectivity index (χ1v) is 9.21. The van der Waals surface area contributed by atoms with E-state index in [0.29, 0.717) is 17.0 Å². The Bertz CT molecular complexity index is 620. The lowest BCUT2D eigenvalue weighted by Gasteiger charge is -2.19. The molecule has 0 radical (unpaired) electrons. The first-order valence-electron chi connectivity index (χ1n) is 7.73. The van der Waals surface area contributed by atoms with Gasteiger partial charge in [-0.25, -0.2) is 13.1 Å². The molecule has 1 heterocycles. The first-order chi connectivity index (χ1) is 9.74. The molecule has 2 aliphatic rings. The van der Waals surface area contributed by atoms with Gasteiger partial charge in [-0.3, -0.25) is 0 Å². The number of aromatic nitrogens is 1. The second-order valence-electron chi connectivity index (χ2n) is 7.32. The Balaban J connectivity index is 1.83. The number of sulfonamides is 1. The molecule has 0 spiro atoms. The third-order valence-electron chi connectivity index (χ3n) is 3.75. The van der Waals surface area contributed by atoms with Crippen molar-refractivity contribution in [1.82, 2.24) is 14.6 Å². The molecule has 21 heavy (non-hydrogen) atoms. The van der Waals surface area contributed by atoms with Crippen molar-refractivity contribution >= 4 is 10.0 Å². The summed E-state index contributed by atoms with van der Waals surface area (Å²) in [4.78, 5) is 0.386. The Kier molecular flexibility index (Phi) is 3.66. The number of nitrogens with one attached hydrogen (secondary N) is 2. The quantitative estimate of drug-likeness (QED) is 0.846. The van der Waals surface area contributed by atoms with E-state index in [0.717, 1.165) is 25.1 Å². The Morgan fingerprint density at radius 3 is 2.43 bits per heavy atom. The van der Waals surface area contributed by atoms with Gasteiger partial charge in [-0.05, 0) is 52.5 Å². The van der Waals surface area contributed by atoms with Crippen molar-refractivity contribution in [2.24, 2.45) is 0 Å². The Labute approximate surface area is 127 Å². The zero-order valence-electron chi connectivity index (χ0n) is 13.0. The van der Waals surface area contributed by atoms with Crippen LogP contribution < -0.4 is 10.0 Å². The van der Waals surface area contributed by atoms with E-state index >= 15 is 0 Å². The molecular formula is C15H25N3O2S. The van der Waals surface area contributed by atoms with E-state index in [1.54, 1.807) is 6.20 Å². The third kappa shape index (κ3) is 3.87. The minimum Gasteiger partial charge on any atom is -0.346 e. The Morgan fingerprint density at radius 2 is 1.90 bits per heavy atom. The average molecular weight is 311 g/mol. The van der Waals surface area contributed by atoms with Crippen LogP contribution in [-0.2, 0) is 16.6 Å². The molecule has 2 fully saturated rings. The normalized spacial score (nSPS) is 20.0. The fraction of sp³-hybridized carbons (Fsp3) is 0.733. The van der Waals surface area contributed by atoms with Crippen LogP contribution in [-0.4, -0.2) is 24.6 Å². The molecule has 0 saturated heterocycles. The second-order valence-corrected chi connectivity index (χ2v) is 9.00. The molecule has 6 heteroatoms. The molecule has 0 unspecified atom stereocenters. The Hall–Kier alpha value is -0.850. The van der Waals surface area contributed by atoms with Crippen molar-refractivity contribution in [3.63, 3.8) is 0 Å². The maximum Gasteiger partial charge on any atom is 0.242 e. The fourth-order valence-corrected chi connectivity index (χ4v) is 3.94. The summed E-state index contributed by atoms with van der Waals surface area (Å²) in [5.41, 5.74) is 0.617. The summed E-state index contributed by atoms with van der Waals surface area (Å²) >= 11 is 0. The lowest BCUT2D eigenvalue weighted by molar-refractivity contribution is 0.491. The van der Waals surface area contributed by atoms with E-state index < -0.39 is 15.6 Å². The molecule has 2 aliphatic carbocycles. The molecule has 2 saturated carbocycles. The minimum atomic E-state index is -3.45. The number of hydrogen-bond donors (Lipinski definition) is 2. The standard InChI is InChI=1S/C15H25N3O2S/c1-15(2,3)17-21(19,20)14-8-13(9-16-11-4-5-11)18(10-14)12-6-7-12/h8,10-12,16-17H,4-7,9H2,1-3H3. The summed E-state index contributed by atoms with van der Waals surface area (Å²) in [5, 5.41) is 3.47. The molecule has 0 atom stereocenters. The summed E-state index contributed by atoms with van der Waals surface area (Å²) in [6, 6.07) is 2.93. The van der Waals surface area contributed by atoms with Gasteiger partial charge in [0.15, 0.2) is 0 Å². The topological polar surface area (TPSA) is 63.1 Å². The van der Waals surface area contributed by atoms with Crippen LogP contribution in [0.2, 0.25) is 0 Å². The lowest BCUT2D eigenvalue weighted by Crippen LogP contribution is -2.40. The van der Waals surface area contributed by atoms with E-state index in [9.17, 15) is 8.42 Å². The van der Waals surface area contributed by atoms with Gasteiger partial charge in [0.05, 0.1) is 4.90 Å². The molecule has 3 rings (SSSR count). The highest BCUT2D eigenvalue weighted by Gasteiger charge is 2.30. The van der Waals surface area contributed by atoms with Crippen molar-refractivity contribution in [2.45, 2.75) is 75.5 Å². The smallest absolute Gasteiger partial charge is 0.242 e. The van der Waals surface area contributed by atoms with Crippen molar-refractivity contribution in [2.75, 3.05) is 0 Å². The van der Waals surface area contributed by atoms with E-state index in [-0.39, 0.29) is 0 Å². The lowest BCUT2D eigenvalue weighted by atomic mass is 10.1. The van der Waals surface area contributed by atoms with Crippen LogP contribution >= 0.6 is 0 Å². The molecule has 2 N–H and O–H groups in total. The third-order valence-corrected chi connectivity index (χ3v) is 5.47. The predicted octanol–water partition coefficient (Wildman–Crippen LogP) is 2.15. The van der Waals surface area contributed by atoms with Gasteiger partial charge in [0.25, 0.3) is 0 Å². The maximum absolute atomic E-state index is 12.5. The Morgan fingerprint density at radius 1 is 1.24 bits per heavy atom. The molecule has 0 aliphatic heterocycles. The average Bonchev–Trinajstić information content (AvgIpc) is 3.23. The van der Waals surface area contributed by atoms with Gasteiger partial charge in [-0.15, -0.1) is 0 Å². The predicted molar refractivity (Wildman–Crippen MR) is 82.6 cm³/mol. The highest BCUT2D eigenvalue weighted by atomic mass is 32.2. The number of nitrogens with zero attached hydrogens (tertiary/aromatic N) is 1. The van der Waals surface area contributed by atoms with Crippen LogP contribution in [0.15, 0.2) is 17.2 Å². The number of hydrogen-bond acceptors (Lipinski definition) is 3. The summed E-state index contributed by atoms with van der Waals surface area (Å²) in [6.07, 6.45) is 6.58. The zero-order valence-corrected chi connectivity index (χ0v) is 13.8. The summed E-state index contributed by atoms with van der Waals surface area (Å²) in [7, 11) is -3.45. The van der Waals surface area contributed by atoms with Crippen LogP contribution in [0.3, 0.4) is 0 Å². The van der Waals surface area contributed by atoms with E-state index in [1.165, 1.54) is 12.8 Å². The van der Waals surface area contributed by atoms with Crippen molar-refractivity contribution in [1.29, 1.82) is 0 Å². The van der Waals surface area contributed by atoms with Gasteiger partial charge in [0.2, 0.25) is 10.0 Å². The second kappa shape index (κ2) is 5.11. The van der Waals surface area contributed by atoms with Gasteiger partial charge in [0, 0.05) is 36.1 Å². The molecule has 0 aromatic carbocycles. The van der Waals surface area contributed by atoms with Crippen LogP contribution in [0.1, 0.15) is 58.2 Å². The highest BCUT2D eigenvalue weighted by molar-refractivity contribution is 7.89. The molecule has 0 bridgehead atoms. The molecule has 1 aromatic heterocycles. The summed E-state index contributed by atoms with van der Waals surface area (Å²) in [6.45, 7) is 6.33. The zero-order chi connectivity index (χ0) is 15.3. The van der Waals surface area contributed by atoms with Crippen molar-refractivity contribution < 1.29 is 8.42 Å². The van der Waals surface area contributed by atoms with E-state index in [2.05, 4.69) is 14.6 Å². The van der Waals surface area contributed by atoms with Crippen molar-refractivity contribution in [3.05, 3.63) is 18.0 Å². The van der Waals surface area contributed by atoms with Crippen LogP contribution in [0.4, 0.5) is 0 Å². The summed E-state index contributed by atoms with van der Waals surface area (Å²) < 4.78 is 29.8. The largest absolute Gasteiger partial charge is 0.346 e. The van der Waals surface area contributed by atoms with Crippen LogP contribution in [0.25, 0.3) is 0 Å². The minimum absolute atomic E-state index is 0.386. The van der Waals surface area contributed by atoms with Crippen molar-refractivity contribution in [3.8, 4) is 0 Å². The summed E-state index contributed by atoms with van der Waals surface area (Å²) in [5.74, 6) is 0. The maximum atomic E-state index is 12.5. The molecule has 0 amide bonds. The SMILES string of the molecule is CC(C)(C)NS(=O)(=O)c1cc(CNC2CC2)n(C2CC2)c1. The van der Waals surface area contributed by atoms with Crippen LogP contribution in [0, 0.1) is 0 Å².